The summed E-state index contributed by atoms with van der Waals surface area (Å²) in [4.78, 5) is 35.6. The number of ether oxygens (including phenoxy) is 2. The smallest absolute Gasteiger partial charge is 0.319 e. The summed E-state index contributed by atoms with van der Waals surface area (Å²) in [7, 11) is 1.55. The van der Waals surface area contributed by atoms with Crippen molar-refractivity contribution in [3.8, 4) is 22.6 Å². The first-order chi connectivity index (χ1) is 22.1. The number of hydrogen-bond donors (Lipinski definition) is 7. The number of urea groups is 1. The second-order valence-corrected chi connectivity index (χ2v) is 12.9. The van der Waals surface area contributed by atoms with Gasteiger partial charge in [-0.25, -0.2) is 9.78 Å². The van der Waals surface area contributed by atoms with Crippen molar-refractivity contribution in [3.05, 3.63) is 70.4 Å². The highest BCUT2D eigenvalue weighted by Crippen LogP contribution is 2.34. The first kappa shape index (κ1) is 38.6. The maximum atomic E-state index is 12.4. The first-order valence-electron chi connectivity index (χ1n) is 15.7. The van der Waals surface area contributed by atoms with E-state index in [1.54, 1.807) is 25.4 Å². The summed E-state index contributed by atoms with van der Waals surface area (Å²) in [5.74, 6) is 1.92. The number of aromatic amines is 1. The third kappa shape index (κ3) is 14.1. The molecule has 0 fully saturated rings. The number of nitrogens with one attached hydrogen (secondary N) is 4. The molecule has 3 rings (SSSR count). The number of hydrogen-bond acceptors (Lipinski definition) is 8. The molecule has 0 aliphatic heterocycles. The van der Waals surface area contributed by atoms with Gasteiger partial charge in [0.1, 0.15) is 23.0 Å². The van der Waals surface area contributed by atoms with Crippen LogP contribution in [-0.2, 0) is 12.0 Å². The van der Waals surface area contributed by atoms with E-state index in [-0.39, 0.29) is 28.5 Å². The minimum Gasteiger partial charge on any atom is -0.494 e. The second-order valence-electron chi connectivity index (χ2n) is 12.9. The van der Waals surface area contributed by atoms with Crippen LogP contribution < -0.4 is 48.2 Å². The van der Waals surface area contributed by atoms with E-state index in [1.807, 2.05) is 71.9 Å². The third-order valence-electron chi connectivity index (χ3n) is 6.45. The molecule has 0 aliphatic rings. The molecule has 13 heteroatoms. The van der Waals surface area contributed by atoms with E-state index >= 15 is 0 Å². The number of carbonyl (C=O) groups excluding carboxylic acids is 1. The topological polar surface area (TPSA) is 208 Å². The van der Waals surface area contributed by atoms with Crippen molar-refractivity contribution in [2.24, 2.45) is 22.2 Å². The van der Waals surface area contributed by atoms with Crippen LogP contribution in [0.1, 0.15) is 65.8 Å². The van der Waals surface area contributed by atoms with Gasteiger partial charge in [-0.05, 0) is 70.0 Å². The van der Waals surface area contributed by atoms with Crippen LogP contribution in [-0.4, -0.2) is 60.8 Å². The SMILES string of the molecule is CC(C)(C)c1ncc(-c2ccc(CNCCCN=C(N)N)cc2)c(=O)[nH]1.COc1cccc(OCCCN)c1NC(=O)NC(C)(C)C. The fourth-order valence-corrected chi connectivity index (χ4v) is 4.10. The lowest BCUT2D eigenvalue weighted by atomic mass is 9.95. The Hall–Kier alpha value is -4.62. The number of aliphatic imine (C=N–C) groups is 1. The van der Waals surface area contributed by atoms with E-state index in [0.29, 0.717) is 48.3 Å². The van der Waals surface area contributed by atoms with Crippen LogP contribution in [0.2, 0.25) is 0 Å². The number of anilines is 1. The van der Waals surface area contributed by atoms with Gasteiger partial charge in [-0.2, -0.15) is 0 Å². The van der Waals surface area contributed by atoms with Crippen molar-refractivity contribution in [1.29, 1.82) is 0 Å². The van der Waals surface area contributed by atoms with Crippen molar-refractivity contribution >= 4 is 17.7 Å². The zero-order valence-electron chi connectivity index (χ0n) is 28.8. The Kier molecular flexibility index (Phi) is 15.2. The predicted molar refractivity (Wildman–Crippen MR) is 190 cm³/mol. The van der Waals surface area contributed by atoms with E-state index in [1.165, 1.54) is 0 Å². The summed E-state index contributed by atoms with van der Waals surface area (Å²) < 4.78 is 10.9. The summed E-state index contributed by atoms with van der Waals surface area (Å²) >= 11 is 0. The van der Waals surface area contributed by atoms with Crippen molar-refractivity contribution in [2.45, 2.75) is 71.9 Å². The number of para-hydroxylation sites is 1. The molecule has 258 valence electrons. The van der Waals surface area contributed by atoms with Crippen LogP contribution >= 0.6 is 0 Å². The van der Waals surface area contributed by atoms with Crippen LogP contribution in [0.5, 0.6) is 11.5 Å². The molecular formula is C34H53N9O4. The fourth-order valence-electron chi connectivity index (χ4n) is 4.10. The number of rotatable bonds is 13. The molecule has 2 amide bonds. The van der Waals surface area contributed by atoms with E-state index in [2.05, 4.69) is 30.9 Å². The van der Waals surface area contributed by atoms with Gasteiger partial charge in [0.05, 0.1) is 19.3 Å². The Morgan fingerprint density at radius 1 is 1.00 bits per heavy atom. The molecule has 0 atom stereocenters. The van der Waals surface area contributed by atoms with Gasteiger partial charge < -0.3 is 47.6 Å². The molecule has 13 nitrogen and oxygen atoms in total. The standard InChI is InChI=1S/C19H28N6O.C15H25N3O3/c1-19(2,3)17-24-12-15(16(26)25-17)14-7-5-13(6-8-14)11-22-9-4-10-23-18(20)21;1-15(2,3)18-14(19)17-13-11(20-4)7-5-8-12(13)21-10-6-9-16/h5-8,12,22H,4,9-11H2,1-3H3,(H4,20,21,23)(H,24,25,26);5,7-8H,6,9-10,16H2,1-4H3,(H2,17,18,19). The highest BCUT2D eigenvalue weighted by molar-refractivity contribution is 5.93. The number of aromatic nitrogens is 2. The lowest BCUT2D eigenvalue weighted by molar-refractivity contribution is 0.243. The number of H-pyrrole nitrogens is 1. The third-order valence-corrected chi connectivity index (χ3v) is 6.45. The molecule has 0 aliphatic carbocycles. The summed E-state index contributed by atoms with van der Waals surface area (Å²) in [5.41, 5.74) is 18.5. The average Bonchev–Trinajstić information content (AvgIpc) is 2.99. The molecule has 0 saturated heterocycles. The maximum absolute atomic E-state index is 12.4. The number of nitrogens with zero attached hydrogens (tertiary/aromatic N) is 2. The molecule has 1 heterocycles. The molecule has 10 N–H and O–H groups in total. The Bertz CT molecular complexity index is 1490. The van der Waals surface area contributed by atoms with Crippen LogP contribution in [0, 0.1) is 0 Å². The molecule has 0 saturated carbocycles. The number of methoxy groups -OCH3 is 1. The largest absolute Gasteiger partial charge is 0.494 e. The minimum atomic E-state index is -0.327. The van der Waals surface area contributed by atoms with E-state index in [4.69, 9.17) is 26.7 Å². The fraction of sp³-hybridized carbons (Fsp3) is 0.471. The second kappa shape index (κ2) is 18.5. The van der Waals surface area contributed by atoms with E-state index in [0.717, 1.165) is 37.1 Å². The Balaban J connectivity index is 0.000000335. The molecule has 0 spiro atoms. The average molecular weight is 652 g/mol. The lowest BCUT2D eigenvalue weighted by Gasteiger charge is -2.22. The van der Waals surface area contributed by atoms with Gasteiger partial charge in [-0.15, -0.1) is 0 Å². The Morgan fingerprint density at radius 3 is 2.26 bits per heavy atom. The summed E-state index contributed by atoms with van der Waals surface area (Å²) in [5, 5.41) is 8.95. The molecule has 0 radical (unpaired) electrons. The van der Waals surface area contributed by atoms with Crippen molar-refractivity contribution in [2.75, 3.05) is 38.7 Å². The van der Waals surface area contributed by atoms with Gasteiger partial charge in [0.15, 0.2) is 5.96 Å². The van der Waals surface area contributed by atoms with Gasteiger partial charge in [0, 0.05) is 30.2 Å². The molecule has 47 heavy (non-hydrogen) atoms. The zero-order chi connectivity index (χ0) is 35.0. The van der Waals surface area contributed by atoms with Crippen LogP contribution in [0.25, 0.3) is 11.1 Å². The summed E-state index contributed by atoms with van der Waals surface area (Å²) in [6.45, 7) is 15.0. The number of guanidine groups is 1. The van der Waals surface area contributed by atoms with Crippen molar-refractivity contribution < 1.29 is 14.3 Å². The molecule has 1 aromatic heterocycles. The lowest BCUT2D eigenvalue weighted by Crippen LogP contribution is -2.43. The summed E-state index contributed by atoms with van der Waals surface area (Å²) in [6, 6.07) is 13.0. The van der Waals surface area contributed by atoms with Gasteiger partial charge in [-0.1, -0.05) is 51.1 Å². The highest BCUT2D eigenvalue weighted by atomic mass is 16.5. The number of carbonyl (C=O) groups is 1. The Morgan fingerprint density at radius 2 is 1.68 bits per heavy atom. The van der Waals surface area contributed by atoms with Crippen LogP contribution in [0.4, 0.5) is 10.5 Å². The van der Waals surface area contributed by atoms with Crippen LogP contribution in [0.3, 0.4) is 0 Å². The van der Waals surface area contributed by atoms with Crippen LogP contribution in [0.15, 0.2) is 58.4 Å². The van der Waals surface area contributed by atoms with Crippen molar-refractivity contribution in [1.82, 2.24) is 20.6 Å². The molecule has 2 aromatic carbocycles. The maximum Gasteiger partial charge on any atom is 0.319 e. The predicted octanol–water partition coefficient (Wildman–Crippen LogP) is 3.83. The monoisotopic (exact) mass is 651 g/mol. The number of nitrogens with two attached hydrogens (primary N) is 3. The summed E-state index contributed by atoms with van der Waals surface area (Å²) in [6.07, 6.45) is 3.26. The van der Waals surface area contributed by atoms with Gasteiger partial charge in [-0.3, -0.25) is 9.79 Å². The first-order valence-corrected chi connectivity index (χ1v) is 15.7. The molecule has 3 aromatic rings. The van der Waals surface area contributed by atoms with Gasteiger partial charge in [0.2, 0.25) is 0 Å². The molecule has 0 bridgehead atoms. The number of amides is 2. The molecule has 0 unspecified atom stereocenters. The van der Waals surface area contributed by atoms with Crippen molar-refractivity contribution in [3.63, 3.8) is 0 Å². The zero-order valence-corrected chi connectivity index (χ0v) is 28.8. The van der Waals surface area contributed by atoms with Gasteiger partial charge in [0.25, 0.3) is 5.56 Å². The van der Waals surface area contributed by atoms with Gasteiger partial charge >= 0.3 is 6.03 Å². The van der Waals surface area contributed by atoms with E-state index < -0.39 is 0 Å². The normalized spacial score (nSPS) is 11.1. The Labute approximate surface area is 278 Å². The van der Waals surface area contributed by atoms with E-state index in [9.17, 15) is 9.59 Å². The minimum absolute atomic E-state index is 0.115. The highest BCUT2D eigenvalue weighted by Gasteiger charge is 2.19. The number of benzene rings is 2. The molecular weight excluding hydrogens is 598 g/mol. The quantitative estimate of drug-likeness (QED) is 0.0813.